The quantitative estimate of drug-likeness (QED) is 0.364. The molecule has 33 heavy (non-hydrogen) atoms. The van der Waals surface area contributed by atoms with E-state index in [1.807, 2.05) is 24.5 Å². The number of carbonyl (C=O) groups excluding carboxylic acids is 2. The summed E-state index contributed by atoms with van der Waals surface area (Å²) >= 11 is 1.54. The molecule has 0 aliphatic carbocycles. The Bertz CT molecular complexity index is 980. The van der Waals surface area contributed by atoms with Crippen LogP contribution in [0.15, 0.2) is 42.5 Å². The van der Waals surface area contributed by atoms with Gasteiger partial charge in [-0.25, -0.2) is 4.31 Å². The molecule has 1 unspecified atom stereocenters. The second kappa shape index (κ2) is 12.6. The summed E-state index contributed by atoms with van der Waals surface area (Å²) in [6, 6.07) is 14.7. The van der Waals surface area contributed by atoms with Crippen molar-refractivity contribution in [2.45, 2.75) is 24.9 Å². The van der Waals surface area contributed by atoms with E-state index in [2.05, 4.69) is 50.0 Å². The highest BCUT2D eigenvalue weighted by atomic mass is 32.2. The lowest BCUT2D eigenvalue weighted by molar-refractivity contribution is -0.126. The summed E-state index contributed by atoms with van der Waals surface area (Å²) in [5.74, 6) is 1.84. The molecule has 2 amide bonds. The second-order valence-electron chi connectivity index (χ2n) is 8.05. The number of aliphatic hydroxyl groups is 1. The Morgan fingerprint density at radius 1 is 1.18 bits per heavy atom. The molecule has 1 aliphatic heterocycles. The number of nitrogens with one attached hydrogen (secondary N) is 2. The summed E-state index contributed by atoms with van der Waals surface area (Å²) in [6.07, 6.45) is 8.88. The van der Waals surface area contributed by atoms with Crippen LogP contribution in [0.3, 0.4) is 0 Å². The number of aliphatic hydroxyl groups excluding tert-OH is 1. The van der Waals surface area contributed by atoms with Gasteiger partial charge in [-0.2, -0.15) is 0 Å². The molecule has 3 N–H and O–H groups in total. The van der Waals surface area contributed by atoms with Crippen LogP contribution in [0.1, 0.15) is 24.4 Å². The van der Waals surface area contributed by atoms with Crippen molar-refractivity contribution in [3.05, 3.63) is 48.0 Å². The smallest absolute Gasteiger partial charge is 0.240 e. The average molecular weight is 469 g/mol. The predicted molar refractivity (Wildman–Crippen MR) is 133 cm³/mol. The normalized spacial score (nSPS) is 15.8. The third-order valence-electron chi connectivity index (χ3n) is 6.07. The van der Waals surface area contributed by atoms with Crippen LogP contribution in [-0.4, -0.2) is 77.8 Å². The average Bonchev–Trinajstić information content (AvgIpc) is 2.86. The van der Waals surface area contributed by atoms with Gasteiger partial charge in [0.1, 0.15) is 0 Å². The number of nitrogens with zero attached hydrogens (tertiary/aromatic N) is 2. The van der Waals surface area contributed by atoms with E-state index in [1.165, 1.54) is 10.8 Å². The number of likely N-dealkylation sites (tertiary alicyclic amines) is 1. The Morgan fingerprint density at radius 2 is 1.91 bits per heavy atom. The van der Waals surface area contributed by atoms with E-state index in [1.54, 1.807) is 11.9 Å². The van der Waals surface area contributed by atoms with E-state index < -0.39 is 0 Å². The maximum Gasteiger partial charge on any atom is 0.240 e. The molecule has 7 nitrogen and oxygen atoms in total. The summed E-state index contributed by atoms with van der Waals surface area (Å²) in [4.78, 5) is 26.3. The van der Waals surface area contributed by atoms with Gasteiger partial charge in [0.15, 0.2) is 0 Å². The zero-order chi connectivity index (χ0) is 23.6. The molecule has 2 aromatic carbocycles. The SMILES string of the molecule is C#CCNC(=O)CNC(=O)CN(SC)C1CCN(C(CO)c2cccc3ccccc23)CC1. The van der Waals surface area contributed by atoms with Gasteiger partial charge in [0.25, 0.3) is 0 Å². The summed E-state index contributed by atoms with van der Waals surface area (Å²) in [6.45, 7) is 2.04. The van der Waals surface area contributed by atoms with Crippen LogP contribution in [0.5, 0.6) is 0 Å². The third kappa shape index (κ3) is 6.71. The number of hydrogen-bond acceptors (Lipinski definition) is 6. The van der Waals surface area contributed by atoms with E-state index in [9.17, 15) is 14.7 Å². The zero-order valence-corrected chi connectivity index (χ0v) is 19.8. The number of fused-ring (bicyclic) bond motifs is 1. The van der Waals surface area contributed by atoms with Crippen LogP contribution < -0.4 is 10.6 Å². The van der Waals surface area contributed by atoms with Gasteiger partial charge in [-0.3, -0.25) is 14.5 Å². The summed E-state index contributed by atoms with van der Waals surface area (Å²) < 4.78 is 2.08. The van der Waals surface area contributed by atoms with Crippen molar-refractivity contribution in [2.24, 2.45) is 0 Å². The van der Waals surface area contributed by atoms with Crippen LogP contribution >= 0.6 is 11.9 Å². The first-order valence-electron chi connectivity index (χ1n) is 11.2. The van der Waals surface area contributed by atoms with Gasteiger partial charge < -0.3 is 15.7 Å². The number of terminal acetylenes is 1. The zero-order valence-electron chi connectivity index (χ0n) is 19.0. The molecular weight excluding hydrogens is 436 g/mol. The molecule has 8 heteroatoms. The van der Waals surface area contributed by atoms with Crippen LogP contribution in [0.2, 0.25) is 0 Å². The molecule has 3 rings (SSSR count). The van der Waals surface area contributed by atoms with E-state index >= 15 is 0 Å². The van der Waals surface area contributed by atoms with E-state index in [0.29, 0.717) is 0 Å². The Labute approximate surface area is 200 Å². The van der Waals surface area contributed by atoms with Gasteiger partial charge in [0.05, 0.1) is 32.3 Å². The highest BCUT2D eigenvalue weighted by Gasteiger charge is 2.30. The Balaban J connectivity index is 1.55. The number of amides is 2. The standard InChI is InChI=1S/C25H32N4O3S/c1-3-13-26-24(31)16-27-25(32)17-29(33-2)20-11-14-28(15-12-20)23(18-30)22-10-6-8-19-7-4-5-9-21(19)22/h1,4-10,20,23,30H,11-18H2,2H3,(H,26,31)(H,27,32). The fourth-order valence-electron chi connectivity index (χ4n) is 4.37. The van der Waals surface area contributed by atoms with Crippen LogP contribution in [0, 0.1) is 12.3 Å². The minimum atomic E-state index is -0.297. The lowest BCUT2D eigenvalue weighted by atomic mass is 9.95. The molecule has 176 valence electrons. The first-order valence-corrected chi connectivity index (χ1v) is 12.4. The fourth-order valence-corrected chi connectivity index (χ4v) is 5.12. The molecule has 0 bridgehead atoms. The van der Waals surface area contributed by atoms with Crippen molar-refractivity contribution in [3.8, 4) is 12.3 Å². The Hall–Kier alpha value is -2.57. The highest BCUT2D eigenvalue weighted by molar-refractivity contribution is 7.96. The minimum Gasteiger partial charge on any atom is -0.394 e. The molecule has 0 aromatic heterocycles. The van der Waals surface area contributed by atoms with Crippen LogP contribution in [0.25, 0.3) is 10.8 Å². The number of benzene rings is 2. The third-order valence-corrected chi connectivity index (χ3v) is 6.97. The van der Waals surface area contributed by atoms with Gasteiger partial charge in [-0.05, 0) is 35.4 Å². The first kappa shape index (κ1) is 25.1. The molecular formula is C25H32N4O3S. The van der Waals surface area contributed by atoms with Crippen molar-refractivity contribution in [2.75, 3.05) is 45.6 Å². The first-order chi connectivity index (χ1) is 16.1. The van der Waals surface area contributed by atoms with Gasteiger partial charge >= 0.3 is 0 Å². The Kier molecular flexibility index (Phi) is 9.58. The number of hydrogen-bond donors (Lipinski definition) is 3. The van der Waals surface area contributed by atoms with E-state index in [4.69, 9.17) is 6.42 Å². The molecule has 0 radical (unpaired) electrons. The van der Waals surface area contributed by atoms with Gasteiger partial charge in [0, 0.05) is 19.1 Å². The molecule has 0 spiro atoms. The largest absolute Gasteiger partial charge is 0.394 e. The van der Waals surface area contributed by atoms with Crippen molar-refractivity contribution in [1.82, 2.24) is 19.8 Å². The summed E-state index contributed by atoms with van der Waals surface area (Å²) in [5, 5.41) is 17.8. The van der Waals surface area contributed by atoms with Crippen molar-refractivity contribution in [3.63, 3.8) is 0 Å². The summed E-state index contributed by atoms with van der Waals surface area (Å²) in [5.41, 5.74) is 1.15. The molecule has 1 heterocycles. The van der Waals surface area contributed by atoms with Gasteiger partial charge in [-0.15, -0.1) is 6.42 Å². The maximum atomic E-state index is 12.3. The monoisotopic (exact) mass is 468 g/mol. The fraction of sp³-hybridized carbons (Fsp3) is 0.440. The number of rotatable bonds is 10. The lowest BCUT2D eigenvalue weighted by Crippen LogP contribution is -2.47. The van der Waals surface area contributed by atoms with Crippen LogP contribution in [-0.2, 0) is 9.59 Å². The Morgan fingerprint density at radius 3 is 2.61 bits per heavy atom. The van der Waals surface area contributed by atoms with E-state index in [-0.39, 0.29) is 50.1 Å². The second-order valence-corrected chi connectivity index (χ2v) is 8.88. The molecule has 0 saturated carbocycles. The van der Waals surface area contributed by atoms with Crippen molar-refractivity contribution < 1.29 is 14.7 Å². The lowest BCUT2D eigenvalue weighted by Gasteiger charge is -2.40. The van der Waals surface area contributed by atoms with Crippen molar-refractivity contribution >= 4 is 34.5 Å². The minimum absolute atomic E-state index is 0.0513. The number of carbonyl (C=O) groups is 2. The molecule has 2 aromatic rings. The number of piperidine rings is 1. The maximum absolute atomic E-state index is 12.3. The van der Waals surface area contributed by atoms with E-state index in [0.717, 1.165) is 31.5 Å². The molecule has 1 saturated heterocycles. The highest BCUT2D eigenvalue weighted by Crippen LogP contribution is 2.31. The predicted octanol–water partition coefficient (Wildman–Crippen LogP) is 1.78. The van der Waals surface area contributed by atoms with Gasteiger partial charge in [-0.1, -0.05) is 60.3 Å². The summed E-state index contributed by atoms with van der Waals surface area (Å²) in [7, 11) is 0. The molecule has 1 fully saturated rings. The molecule has 1 atom stereocenters. The van der Waals surface area contributed by atoms with Crippen molar-refractivity contribution in [1.29, 1.82) is 0 Å². The van der Waals surface area contributed by atoms with Gasteiger partial charge in [0.2, 0.25) is 11.8 Å². The van der Waals surface area contributed by atoms with Crippen LogP contribution in [0.4, 0.5) is 0 Å². The molecule has 1 aliphatic rings. The topological polar surface area (TPSA) is 84.9 Å².